The van der Waals surface area contributed by atoms with Crippen molar-refractivity contribution in [3.63, 3.8) is 0 Å². The van der Waals surface area contributed by atoms with E-state index in [1.54, 1.807) is 31.2 Å². The lowest BCUT2D eigenvalue weighted by Gasteiger charge is -2.13. The minimum absolute atomic E-state index is 0.00437. The molecule has 0 radical (unpaired) electrons. The number of nitrogens with zero attached hydrogens (tertiary/aromatic N) is 1. The van der Waals surface area contributed by atoms with Crippen LogP contribution in [0.3, 0.4) is 0 Å². The van der Waals surface area contributed by atoms with Crippen LogP contribution in [-0.4, -0.2) is 48.9 Å². The average Bonchev–Trinajstić information content (AvgIpc) is 3.26. The highest BCUT2D eigenvalue weighted by Gasteiger charge is 2.62. The minimum atomic E-state index is -0.682. The Balaban J connectivity index is 1.78. The van der Waals surface area contributed by atoms with Gasteiger partial charge in [0.1, 0.15) is 0 Å². The number of carbonyl (C=O) groups excluding carboxylic acids is 4. The molecule has 1 heterocycles. The molecule has 1 fully saturated rings. The summed E-state index contributed by atoms with van der Waals surface area (Å²) in [6.07, 6.45) is 0. The van der Waals surface area contributed by atoms with Crippen LogP contribution in [0.2, 0.25) is 0 Å². The van der Waals surface area contributed by atoms with Gasteiger partial charge in [0.25, 0.3) is 11.8 Å². The molecule has 0 bridgehead atoms. The fourth-order valence-electron chi connectivity index (χ4n) is 3.23. The van der Waals surface area contributed by atoms with Crippen molar-refractivity contribution in [2.24, 2.45) is 17.8 Å². The molecular weight excluding hydrogens is 314 g/mol. The fraction of sp³-hybridized carbons (Fsp3) is 0.412. The van der Waals surface area contributed by atoms with Gasteiger partial charge in [0, 0.05) is 12.5 Å². The minimum Gasteiger partial charge on any atom is -0.469 e. The number of rotatable bonds is 5. The molecule has 2 amide bonds. The molecule has 1 aliphatic heterocycles. The van der Waals surface area contributed by atoms with Gasteiger partial charge in [-0.15, -0.1) is 0 Å². The Morgan fingerprint density at radius 3 is 2.08 bits per heavy atom. The van der Waals surface area contributed by atoms with Crippen molar-refractivity contribution >= 4 is 23.8 Å². The summed E-state index contributed by atoms with van der Waals surface area (Å²) in [6, 6.07) is 6.54. The van der Waals surface area contributed by atoms with E-state index in [0.29, 0.717) is 11.1 Å². The maximum atomic E-state index is 12.4. The zero-order chi connectivity index (χ0) is 17.4. The van der Waals surface area contributed by atoms with Gasteiger partial charge in [-0.25, -0.2) is 0 Å². The zero-order valence-corrected chi connectivity index (χ0v) is 13.4. The molecular formula is C17H17NO6. The van der Waals surface area contributed by atoms with E-state index in [-0.39, 0.29) is 13.2 Å². The summed E-state index contributed by atoms with van der Waals surface area (Å²) in [7, 11) is 1.24. The quantitative estimate of drug-likeness (QED) is 0.588. The molecule has 0 saturated heterocycles. The molecule has 7 nitrogen and oxygen atoms in total. The number of hydrogen-bond acceptors (Lipinski definition) is 6. The van der Waals surface area contributed by atoms with E-state index < -0.39 is 41.5 Å². The summed E-state index contributed by atoms with van der Waals surface area (Å²) in [5, 5.41) is 0. The standard InChI is InChI=1S/C17H17NO6/c1-3-24-17(22)13-11(12(13)16(21)23-2)8-18-14(19)9-6-4-5-7-10(9)15(18)20/h4-7,11-13H,3,8H2,1-2H3. The summed E-state index contributed by atoms with van der Waals surface area (Å²) < 4.78 is 9.67. The highest BCUT2D eigenvalue weighted by Crippen LogP contribution is 2.49. The predicted octanol–water partition coefficient (Wildman–Crippen LogP) is 0.881. The van der Waals surface area contributed by atoms with Crippen molar-refractivity contribution in [3.8, 4) is 0 Å². The maximum Gasteiger partial charge on any atom is 0.310 e. The number of hydrogen-bond donors (Lipinski definition) is 0. The summed E-state index contributed by atoms with van der Waals surface area (Å²) in [5.74, 6) is -3.69. The monoisotopic (exact) mass is 331 g/mol. The number of methoxy groups -OCH3 is 1. The van der Waals surface area contributed by atoms with Crippen LogP contribution in [0.25, 0.3) is 0 Å². The Kier molecular flexibility index (Phi) is 4.09. The van der Waals surface area contributed by atoms with E-state index in [1.807, 2.05) is 0 Å². The van der Waals surface area contributed by atoms with Crippen LogP contribution in [-0.2, 0) is 19.1 Å². The van der Waals surface area contributed by atoms with Crippen molar-refractivity contribution in [3.05, 3.63) is 35.4 Å². The summed E-state index contributed by atoms with van der Waals surface area (Å²) in [6.45, 7) is 1.87. The number of ether oxygens (including phenoxy) is 2. The third-order valence-corrected chi connectivity index (χ3v) is 4.47. The molecule has 24 heavy (non-hydrogen) atoms. The molecule has 0 spiro atoms. The first-order valence-electron chi connectivity index (χ1n) is 7.71. The Hall–Kier alpha value is -2.70. The smallest absolute Gasteiger partial charge is 0.310 e. The molecule has 0 aromatic heterocycles. The molecule has 0 N–H and O–H groups in total. The van der Waals surface area contributed by atoms with E-state index in [2.05, 4.69) is 0 Å². The lowest BCUT2D eigenvalue weighted by molar-refractivity contribution is -0.149. The van der Waals surface area contributed by atoms with Gasteiger partial charge in [-0.05, 0) is 19.1 Å². The van der Waals surface area contributed by atoms with Gasteiger partial charge in [0.15, 0.2) is 0 Å². The van der Waals surface area contributed by atoms with Gasteiger partial charge >= 0.3 is 11.9 Å². The van der Waals surface area contributed by atoms with Crippen molar-refractivity contribution in [2.75, 3.05) is 20.3 Å². The molecule has 3 rings (SSSR count). The van der Waals surface area contributed by atoms with Crippen molar-refractivity contribution < 1.29 is 28.7 Å². The zero-order valence-electron chi connectivity index (χ0n) is 13.4. The first-order chi connectivity index (χ1) is 11.5. The lowest BCUT2D eigenvalue weighted by Crippen LogP contribution is -2.32. The van der Waals surface area contributed by atoms with E-state index in [9.17, 15) is 19.2 Å². The van der Waals surface area contributed by atoms with Crippen LogP contribution in [0.5, 0.6) is 0 Å². The lowest BCUT2D eigenvalue weighted by atomic mass is 10.1. The Morgan fingerprint density at radius 2 is 1.58 bits per heavy atom. The van der Waals surface area contributed by atoms with Crippen LogP contribution < -0.4 is 0 Å². The van der Waals surface area contributed by atoms with Gasteiger partial charge < -0.3 is 9.47 Å². The summed E-state index contributed by atoms with van der Waals surface area (Å²) in [5.41, 5.74) is 0.677. The van der Waals surface area contributed by atoms with Gasteiger partial charge in [-0.3, -0.25) is 24.1 Å². The second kappa shape index (κ2) is 6.07. The SMILES string of the molecule is CCOC(=O)C1C(CN2C(=O)c3ccccc3C2=O)C1C(=O)OC. The maximum absolute atomic E-state index is 12.4. The second-order valence-electron chi connectivity index (χ2n) is 5.76. The highest BCUT2D eigenvalue weighted by molar-refractivity contribution is 6.21. The molecule has 1 aromatic carbocycles. The summed E-state index contributed by atoms with van der Waals surface area (Å²) in [4.78, 5) is 49.7. The van der Waals surface area contributed by atoms with Crippen molar-refractivity contribution in [1.82, 2.24) is 4.90 Å². The highest BCUT2D eigenvalue weighted by atomic mass is 16.5. The third-order valence-electron chi connectivity index (χ3n) is 4.47. The summed E-state index contributed by atoms with van der Waals surface area (Å²) >= 11 is 0. The van der Waals surface area contributed by atoms with Crippen LogP contribution in [0.1, 0.15) is 27.6 Å². The Labute approximate surface area is 138 Å². The Morgan fingerprint density at radius 1 is 1.04 bits per heavy atom. The predicted molar refractivity (Wildman–Crippen MR) is 80.9 cm³/mol. The topological polar surface area (TPSA) is 90.0 Å². The van der Waals surface area contributed by atoms with Crippen LogP contribution in [0.4, 0.5) is 0 Å². The molecule has 1 saturated carbocycles. The molecule has 3 atom stereocenters. The number of carbonyl (C=O) groups is 4. The first kappa shape index (κ1) is 16.2. The third kappa shape index (κ3) is 2.46. The number of amides is 2. The van der Waals surface area contributed by atoms with Crippen LogP contribution in [0.15, 0.2) is 24.3 Å². The first-order valence-corrected chi connectivity index (χ1v) is 7.71. The second-order valence-corrected chi connectivity index (χ2v) is 5.76. The van der Waals surface area contributed by atoms with E-state index in [1.165, 1.54) is 7.11 Å². The van der Waals surface area contributed by atoms with Gasteiger partial charge in [0.05, 0.1) is 36.7 Å². The number of imide groups is 1. The molecule has 3 unspecified atom stereocenters. The fourth-order valence-corrected chi connectivity index (χ4v) is 3.23. The Bertz CT molecular complexity index is 693. The largest absolute Gasteiger partial charge is 0.469 e. The van der Waals surface area contributed by atoms with Crippen LogP contribution >= 0.6 is 0 Å². The van der Waals surface area contributed by atoms with E-state index in [4.69, 9.17) is 9.47 Å². The van der Waals surface area contributed by atoms with Gasteiger partial charge in [-0.2, -0.15) is 0 Å². The number of benzene rings is 1. The molecule has 7 heteroatoms. The van der Waals surface area contributed by atoms with Crippen molar-refractivity contribution in [2.45, 2.75) is 6.92 Å². The molecule has 1 aromatic rings. The number of fused-ring (bicyclic) bond motifs is 1. The number of esters is 2. The normalized spacial score (nSPS) is 24.6. The molecule has 1 aliphatic carbocycles. The van der Waals surface area contributed by atoms with Gasteiger partial charge in [-0.1, -0.05) is 12.1 Å². The van der Waals surface area contributed by atoms with E-state index >= 15 is 0 Å². The average molecular weight is 331 g/mol. The van der Waals surface area contributed by atoms with Crippen LogP contribution in [0, 0.1) is 17.8 Å². The van der Waals surface area contributed by atoms with Crippen molar-refractivity contribution in [1.29, 1.82) is 0 Å². The van der Waals surface area contributed by atoms with Gasteiger partial charge in [0.2, 0.25) is 0 Å². The van der Waals surface area contributed by atoms with E-state index in [0.717, 1.165) is 4.90 Å². The molecule has 126 valence electrons. The molecule has 2 aliphatic rings.